The summed E-state index contributed by atoms with van der Waals surface area (Å²) >= 11 is 0. The molecule has 0 aliphatic heterocycles. The first-order valence-corrected chi connectivity index (χ1v) is 4.28. The van der Waals surface area contributed by atoms with Crippen LogP contribution in [0.5, 0.6) is 0 Å². The molecule has 1 aromatic rings. The highest BCUT2D eigenvalue weighted by Gasteiger charge is 2.10. The lowest BCUT2D eigenvalue weighted by atomic mass is 10.2. The molecule has 0 amide bonds. The van der Waals surface area contributed by atoms with Crippen molar-refractivity contribution < 1.29 is 9.90 Å². The van der Waals surface area contributed by atoms with Crippen LogP contribution in [0.2, 0.25) is 0 Å². The summed E-state index contributed by atoms with van der Waals surface area (Å²) in [6.07, 6.45) is 3.33. The highest BCUT2D eigenvalue weighted by molar-refractivity contribution is 5.88. The molecule has 5 heteroatoms. The zero-order valence-electron chi connectivity index (χ0n) is 8.27. The SMILES string of the molecule is CN(C)CCc1ncncc1C(=O)O. The molecule has 0 saturated heterocycles. The second kappa shape index (κ2) is 4.66. The second-order valence-electron chi connectivity index (χ2n) is 3.24. The van der Waals surface area contributed by atoms with Crippen LogP contribution < -0.4 is 0 Å². The number of nitrogens with zero attached hydrogens (tertiary/aromatic N) is 3. The molecule has 0 saturated carbocycles. The van der Waals surface area contributed by atoms with Crippen LogP contribution in [0, 0.1) is 0 Å². The Balaban J connectivity index is 2.79. The maximum atomic E-state index is 10.8. The Morgan fingerprint density at radius 3 is 2.86 bits per heavy atom. The van der Waals surface area contributed by atoms with Gasteiger partial charge in [-0.3, -0.25) is 0 Å². The summed E-state index contributed by atoms with van der Waals surface area (Å²) in [6.45, 7) is 0.775. The number of rotatable bonds is 4. The van der Waals surface area contributed by atoms with E-state index in [9.17, 15) is 4.79 Å². The lowest BCUT2D eigenvalue weighted by Gasteiger charge is -2.09. The lowest BCUT2D eigenvalue weighted by Crippen LogP contribution is -2.17. The number of carboxylic acids is 1. The van der Waals surface area contributed by atoms with Crippen LogP contribution in [0.4, 0.5) is 0 Å². The second-order valence-corrected chi connectivity index (χ2v) is 3.24. The van der Waals surface area contributed by atoms with Gasteiger partial charge in [-0.1, -0.05) is 0 Å². The van der Waals surface area contributed by atoms with Crippen molar-refractivity contribution in [2.24, 2.45) is 0 Å². The Bertz CT molecular complexity index is 326. The Labute approximate surface area is 82.4 Å². The highest BCUT2D eigenvalue weighted by Crippen LogP contribution is 2.04. The number of hydrogen-bond acceptors (Lipinski definition) is 4. The van der Waals surface area contributed by atoms with Gasteiger partial charge in [0.15, 0.2) is 0 Å². The van der Waals surface area contributed by atoms with E-state index in [2.05, 4.69) is 9.97 Å². The largest absolute Gasteiger partial charge is 0.478 e. The van der Waals surface area contributed by atoms with Crippen molar-refractivity contribution in [1.29, 1.82) is 0 Å². The summed E-state index contributed by atoms with van der Waals surface area (Å²) in [6, 6.07) is 0. The maximum Gasteiger partial charge on any atom is 0.339 e. The average Bonchev–Trinajstić information content (AvgIpc) is 2.15. The molecule has 0 spiro atoms. The van der Waals surface area contributed by atoms with Crippen LogP contribution in [-0.2, 0) is 6.42 Å². The third kappa shape index (κ3) is 2.77. The summed E-state index contributed by atoms with van der Waals surface area (Å²) in [4.78, 5) is 20.4. The van der Waals surface area contributed by atoms with Gasteiger partial charge in [-0.15, -0.1) is 0 Å². The third-order valence-electron chi connectivity index (χ3n) is 1.82. The Hall–Kier alpha value is -1.49. The first-order chi connectivity index (χ1) is 6.61. The van der Waals surface area contributed by atoms with Crippen LogP contribution in [0.3, 0.4) is 0 Å². The smallest absolute Gasteiger partial charge is 0.339 e. The summed E-state index contributed by atoms with van der Waals surface area (Å²) in [7, 11) is 3.86. The van der Waals surface area contributed by atoms with Crippen molar-refractivity contribution in [3.05, 3.63) is 23.8 Å². The minimum absolute atomic E-state index is 0.189. The van der Waals surface area contributed by atoms with Gasteiger partial charge in [-0.2, -0.15) is 0 Å². The first-order valence-electron chi connectivity index (χ1n) is 4.28. The Kier molecular flexibility index (Phi) is 3.53. The van der Waals surface area contributed by atoms with Gasteiger partial charge in [0, 0.05) is 19.2 Å². The summed E-state index contributed by atoms with van der Waals surface area (Å²) in [5.74, 6) is -0.973. The molecule has 1 heterocycles. The van der Waals surface area contributed by atoms with Crippen molar-refractivity contribution in [3.8, 4) is 0 Å². The number of carboxylic acid groups (broad SMARTS) is 1. The van der Waals surface area contributed by atoms with Gasteiger partial charge in [0.05, 0.1) is 11.3 Å². The molecule has 0 radical (unpaired) electrons. The van der Waals surface area contributed by atoms with Gasteiger partial charge in [-0.25, -0.2) is 14.8 Å². The summed E-state index contributed by atoms with van der Waals surface area (Å²) in [5, 5.41) is 8.84. The van der Waals surface area contributed by atoms with Gasteiger partial charge in [0.25, 0.3) is 0 Å². The van der Waals surface area contributed by atoms with E-state index in [1.807, 2.05) is 19.0 Å². The molecular weight excluding hydrogens is 182 g/mol. The van der Waals surface area contributed by atoms with Gasteiger partial charge < -0.3 is 10.0 Å². The van der Waals surface area contributed by atoms with Gasteiger partial charge >= 0.3 is 5.97 Å². The van der Waals surface area contributed by atoms with E-state index in [1.165, 1.54) is 12.5 Å². The van der Waals surface area contributed by atoms with E-state index in [1.54, 1.807) is 0 Å². The fraction of sp³-hybridized carbons (Fsp3) is 0.444. The number of likely N-dealkylation sites (N-methyl/N-ethyl adjacent to an activating group) is 1. The van der Waals surface area contributed by atoms with Gasteiger partial charge in [-0.05, 0) is 14.1 Å². The van der Waals surface area contributed by atoms with E-state index in [0.717, 1.165) is 6.54 Å². The first kappa shape index (κ1) is 10.6. The van der Waals surface area contributed by atoms with Crippen molar-refractivity contribution in [2.45, 2.75) is 6.42 Å². The molecule has 14 heavy (non-hydrogen) atoms. The quantitative estimate of drug-likeness (QED) is 0.747. The Morgan fingerprint density at radius 1 is 1.57 bits per heavy atom. The summed E-state index contributed by atoms with van der Waals surface area (Å²) in [5.41, 5.74) is 0.774. The molecule has 76 valence electrons. The molecule has 0 bridgehead atoms. The monoisotopic (exact) mass is 195 g/mol. The molecule has 0 aromatic carbocycles. The topological polar surface area (TPSA) is 66.3 Å². The number of carbonyl (C=O) groups is 1. The predicted molar refractivity (Wildman–Crippen MR) is 51.2 cm³/mol. The van der Waals surface area contributed by atoms with Crippen molar-refractivity contribution in [1.82, 2.24) is 14.9 Å². The molecule has 1 aromatic heterocycles. The van der Waals surface area contributed by atoms with Gasteiger partial charge in [0.1, 0.15) is 6.33 Å². The lowest BCUT2D eigenvalue weighted by molar-refractivity contribution is 0.0694. The van der Waals surface area contributed by atoms with Crippen molar-refractivity contribution in [3.63, 3.8) is 0 Å². The molecular formula is C9H13N3O2. The van der Waals surface area contributed by atoms with Crippen LogP contribution in [0.1, 0.15) is 16.1 Å². The van der Waals surface area contributed by atoms with Crippen LogP contribution in [0.25, 0.3) is 0 Å². The van der Waals surface area contributed by atoms with Crippen LogP contribution >= 0.6 is 0 Å². The normalized spacial score (nSPS) is 10.5. The molecule has 0 aliphatic carbocycles. The zero-order chi connectivity index (χ0) is 10.6. The van der Waals surface area contributed by atoms with E-state index >= 15 is 0 Å². The molecule has 0 fully saturated rings. The fourth-order valence-corrected chi connectivity index (χ4v) is 1.06. The zero-order valence-corrected chi connectivity index (χ0v) is 8.27. The van der Waals surface area contributed by atoms with E-state index in [0.29, 0.717) is 12.1 Å². The number of aromatic carboxylic acids is 1. The molecule has 5 nitrogen and oxygen atoms in total. The van der Waals surface area contributed by atoms with Crippen molar-refractivity contribution >= 4 is 5.97 Å². The standard InChI is InChI=1S/C9H13N3O2/c1-12(2)4-3-8-7(9(13)14)5-10-6-11-8/h5-6H,3-4H2,1-2H3,(H,13,14). The minimum atomic E-state index is -0.973. The van der Waals surface area contributed by atoms with E-state index in [-0.39, 0.29) is 5.56 Å². The fourth-order valence-electron chi connectivity index (χ4n) is 1.06. The number of aromatic nitrogens is 2. The highest BCUT2D eigenvalue weighted by atomic mass is 16.4. The molecule has 0 aliphatic rings. The van der Waals surface area contributed by atoms with Gasteiger partial charge in [0.2, 0.25) is 0 Å². The predicted octanol–water partition coefficient (Wildman–Crippen LogP) is 0.279. The van der Waals surface area contributed by atoms with E-state index < -0.39 is 5.97 Å². The Morgan fingerprint density at radius 2 is 2.29 bits per heavy atom. The molecule has 1 rings (SSSR count). The van der Waals surface area contributed by atoms with Crippen LogP contribution in [0.15, 0.2) is 12.5 Å². The summed E-state index contributed by atoms with van der Waals surface area (Å²) < 4.78 is 0. The van der Waals surface area contributed by atoms with E-state index in [4.69, 9.17) is 5.11 Å². The minimum Gasteiger partial charge on any atom is -0.478 e. The molecule has 1 N–H and O–H groups in total. The van der Waals surface area contributed by atoms with Crippen molar-refractivity contribution in [2.75, 3.05) is 20.6 Å². The third-order valence-corrected chi connectivity index (χ3v) is 1.82. The molecule has 0 unspecified atom stereocenters. The number of hydrogen-bond donors (Lipinski definition) is 1. The average molecular weight is 195 g/mol. The molecule has 0 atom stereocenters. The van der Waals surface area contributed by atoms with Crippen LogP contribution in [-0.4, -0.2) is 46.6 Å². The maximum absolute atomic E-state index is 10.8.